The predicted molar refractivity (Wildman–Crippen MR) is 102 cm³/mol. The summed E-state index contributed by atoms with van der Waals surface area (Å²) in [5.41, 5.74) is 2.58. The monoisotopic (exact) mass is 351 g/mol. The minimum absolute atomic E-state index is 0.198. The van der Waals surface area contributed by atoms with Crippen LogP contribution in [0.1, 0.15) is 30.0 Å². The fourth-order valence-electron chi connectivity index (χ4n) is 3.83. The van der Waals surface area contributed by atoms with Crippen molar-refractivity contribution < 1.29 is 9.90 Å². The molecule has 1 N–H and O–H groups in total. The molecule has 1 aromatic heterocycles. The highest BCUT2D eigenvalue weighted by atomic mass is 32.1. The Labute approximate surface area is 151 Å². The van der Waals surface area contributed by atoms with Gasteiger partial charge in [0.25, 0.3) is 0 Å². The van der Waals surface area contributed by atoms with E-state index in [-0.39, 0.29) is 12.0 Å². The van der Waals surface area contributed by atoms with E-state index in [0.717, 1.165) is 25.9 Å². The van der Waals surface area contributed by atoms with Crippen molar-refractivity contribution in [2.45, 2.75) is 18.9 Å². The average Bonchev–Trinajstić information content (AvgIpc) is 3.16. The molecule has 0 spiro atoms. The van der Waals surface area contributed by atoms with Crippen LogP contribution in [0.2, 0.25) is 0 Å². The summed E-state index contributed by atoms with van der Waals surface area (Å²) < 4.78 is 0. The molecule has 4 rings (SSSR count). The molecule has 25 heavy (non-hydrogen) atoms. The second-order valence-electron chi connectivity index (χ2n) is 6.71. The van der Waals surface area contributed by atoms with E-state index in [1.165, 1.54) is 21.9 Å². The van der Waals surface area contributed by atoms with Crippen LogP contribution in [0.4, 0.5) is 0 Å². The maximum atomic E-state index is 11.3. The molecule has 1 aliphatic rings. The van der Waals surface area contributed by atoms with Crippen molar-refractivity contribution in [2.24, 2.45) is 5.92 Å². The summed E-state index contributed by atoms with van der Waals surface area (Å²) in [5, 5.41) is 16.1. The van der Waals surface area contributed by atoms with Gasteiger partial charge in [-0.05, 0) is 70.7 Å². The molecule has 0 radical (unpaired) electrons. The number of carboxylic acid groups (broad SMARTS) is 1. The minimum Gasteiger partial charge on any atom is -0.481 e. The summed E-state index contributed by atoms with van der Waals surface area (Å²) >= 11 is 1.71. The maximum absolute atomic E-state index is 11.3. The number of piperidine rings is 1. The second-order valence-corrected chi connectivity index (χ2v) is 7.49. The van der Waals surface area contributed by atoms with Gasteiger partial charge in [-0.3, -0.25) is 9.69 Å². The van der Waals surface area contributed by atoms with Gasteiger partial charge in [0.15, 0.2) is 0 Å². The summed E-state index contributed by atoms with van der Waals surface area (Å²) in [4.78, 5) is 13.7. The Balaban J connectivity index is 1.68. The molecule has 0 aliphatic carbocycles. The zero-order valence-corrected chi connectivity index (χ0v) is 14.8. The molecule has 0 amide bonds. The van der Waals surface area contributed by atoms with E-state index < -0.39 is 5.97 Å². The molecular weight excluding hydrogens is 330 g/mol. The molecule has 128 valence electrons. The van der Waals surface area contributed by atoms with Crippen molar-refractivity contribution in [3.8, 4) is 0 Å². The lowest BCUT2D eigenvalue weighted by atomic mass is 9.91. The Hall–Kier alpha value is -2.17. The number of carbonyl (C=O) groups is 1. The number of rotatable bonds is 4. The number of carboxylic acids is 1. The summed E-state index contributed by atoms with van der Waals surface area (Å²) in [5.74, 6) is -0.853. The maximum Gasteiger partial charge on any atom is 0.306 e. The highest BCUT2D eigenvalue weighted by molar-refractivity contribution is 7.08. The Morgan fingerprint density at radius 3 is 2.48 bits per heavy atom. The fraction of sp³-hybridized carbons (Fsp3) is 0.286. The highest BCUT2D eigenvalue weighted by Gasteiger charge is 2.30. The van der Waals surface area contributed by atoms with Crippen LogP contribution in [0.25, 0.3) is 10.8 Å². The molecule has 1 aliphatic heterocycles. The van der Waals surface area contributed by atoms with Gasteiger partial charge in [-0.25, -0.2) is 0 Å². The van der Waals surface area contributed by atoms with Crippen molar-refractivity contribution in [1.82, 2.24) is 4.90 Å². The largest absolute Gasteiger partial charge is 0.481 e. The first kappa shape index (κ1) is 16.3. The number of nitrogens with zero attached hydrogens (tertiary/aromatic N) is 1. The second kappa shape index (κ2) is 6.98. The highest BCUT2D eigenvalue weighted by Crippen LogP contribution is 2.34. The molecule has 1 unspecified atom stereocenters. The zero-order valence-electron chi connectivity index (χ0n) is 14.0. The molecule has 0 saturated carbocycles. The van der Waals surface area contributed by atoms with Crippen LogP contribution in [0, 0.1) is 5.92 Å². The lowest BCUT2D eigenvalue weighted by Crippen LogP contribution is -2.39. The number of benzene rings is 2. The van der Waals surface area contributed by atoms with Gasteiger partial charge >= 0.3 is 5.97 Å². The average molecular weight is 351 g/mol. The van der Waals surface area contributed by atoms with Crippen molar-refractivity contribution in [2.75, 3.05) is 13.1 Å². The van der Waals surface area contributed by atoms with Crippen molar-refractivity contribution >= 4 is 28.1 Å². The lowest BCUT2D eigenvalue weighted by molar-refractivity contribution is -0.143. The SMILES string of the molecule is O=C(O)C1CCN(C(c2ccsc2)c2ccc3ccccc3c2)CC1. The Morgan fingerprint density at radius 1 is 1.04 bits per heavy atom. The first-order valence-electron chi connectivity index (χ1n) is 8.70. The standard InChI is InChI=1S/C21H21NO2S/c23-21(24)16-7-10-22(11-8-16)20(19-9-12-25-14-19)18-6-5-15-3-1-2-4-17(15)13-18/h1-6,9,12-14,16,20H,7-8,10-11H2,(H,23,24). The summed E-state index contributed by atoms with van der Waals surface area (Å²) in [6, 6.07) is 17.5. The predicted octanol–water partition coefficient (Wildman–Crippen LogP) is 4.79. The van der Waals surface area contributed by atoms with Gasteiger partial charge in [0, 0.05) is 0 Å². The molecular formula is C21H21NO2S. The number of fused-ring (bicyclic) bond motifs is 1. The van der Waals surface area contributed by atoms with Gasteiger partial charge in [0.2, 0.25) is 0 Å². The molecule has 3 nitrogen and oxygen atoms in total. The van der Waals surface area contributed by atoms with Gasteiger partial charge in [-0.1, -0.05) is 36.4 Å². The van der Waals surface area contributed by atoms with Crippen molar-refractivity contribution in [1.29, 1.82) is 0 Å². The molecule has 1 fully saturated rings. The van der Waals surface area contributed by atoms with E-state index in [4.69, 9.17) is 0 Å². The Kier molecular flexibility index (Phi) is 4.55. The van der Waals surface area contributed by atoms with Gasteiger partial charge < -0.3 is 5.11 Å². The molecule has 2 aromatic carbocycles. The molecule has 2 heterocycles. The van der Waals surface area contributed by atoms with Crippen LogP contribution in [0.5, 0.6) is 0 Å². The van der Waals surface area contributed by atoms with E-state index >= 15 is 0 Å². The van der Waals surface area contributed by atoms with E-state index in [9.17, 15) is 9.90 Å². The van der Waals surface area contributed by atoms with Crippen LogP contribution in [-0.4, -0.2) is 29.1 Å². The quantitative estimate of drug-likeness (QED) is 0.735. The van der Waals surface area contributed by atoms with Crippen LogP contribution >= 0.6 is 11.3 Å². The summed E-state index contributed by atoms with van der Waals surface area (Å²) in [6.45, 7) is 1.65. The van der Waals surface area contributed by atoms with Crippen LogP contribution in [0.15, 0.2) is 59.3 Å². The van der Waals surface area contributed by atoms with Gasteiger partial charge in [-0.15, -0.1) is 0 Å². The lowest BCUT2D eigenvalue weighted by Gasteiger charge is -2.36. The van der Waals surface area contributed by atoms with Gasteiger partial charge in [-0.2, -0.15) is 11.3 Å². The summed E-state index contributed by atoms with van der Waals surface area (Å²) in [7, 11) is 0. The third-order valence-electron chi connectivity index (χ3n) is 5.19. The minimum atomic E-state index is -0.655. The molecule has 1 saturated heterocycles. The first-order chi connectivity index (χ1) is 12.2. The molecule has 4 heteroatoms. The third-order valence-corrected chi connectivity index (χ3v) is 5.89. The topological polar surface area (TPSA) is 40.5 Å². The van der Waals surface area contributed by atoms with E-state index in [2.05, 4.69) is 64.2 Å². The van der Waals surface area contributed by atoms with Crippen LogP contribution in [-0.2, 0) is 4.79 Å². The zero-order chi connectivity index (χ0) is 17.2. The number of thiophene rings is 1. The van der Waals surface area contributed by atoms with E-state index in [1.54, 1.807) is 11.3 Å². The molecule has 1 atom stereocenters. The Morgan fingerprint density at radius 2 is 1.80 bits per heavy atom. The van der Waals surface area contributed by atoms with Gasteiger partial charge in [0.1, 0.15) is 0 Å². The van der Waals surface area contributed by atoms with Crippen molar-refractivity contribution in [3.05, 3.63) is 70.4 Å². The first-order valence-corrected chi connectivity index (χ1v) is 9.64. The summed E-state index contributed by atoms with van der Waals surface area (Å²) in [6.07, 6.45) is 1.45. The smallest absolute Gasteiger partial charge is 0.306 e. The fourth-order valence-corrected chi connectivity index (χ4v) is 4.51. The number of hydrogen-bond donors (Lipinski definition) is 1. The van der Waals surface area contributed by atoms with Gasteiger partial charge in [0.05, 0.1) is 12.0 Å². The van der Waals surface area contributed by atoms with E-state index in [0.29, 0.717) is 0 Å². The molecule has 3 aromatic rings. The van der Waals surface area contributed by atoms with E-state index in [1.807, 2.05) is 0 Å². The Bertz CT molecular complexity index is 866. The number of likely N-dealkylation sites (tertiary alicyclic amines) is 1. The number of aliphatic carboxylic acids is 1. The van der Waals surface area contributed by atoms with Crippen molar-refractivity contribution in [3.63, 3.8) is 0 Å². The normalized spacial score (nSPS) is 17.6. The third kappa shape index (κ3) is 3.32. The van der Waals surface area contributed by atoms with Crippen LogP contribution < -0.4 is 0 Å². The molecule has 0 bridgehead atoms. The number of hydrogen-bond acceptors (Lipinski definition) is 3. The van der Waals surface area contributed by atoms with Crippen LogP contribution in [0.3, 0.4) is 0 Å².